The number of carbonyl (C=O) groups excluding carboxylic acids is 1. The highest BCUT2D eigenvalue weighted by atomic mass is 16.4. The number of aromatic carboxylic acids is 1. The van der Waals surface area contributed by atoms with Crippen LogP contribution in [0, 0.1) is 0 Å². The van der Waals surface area contributed by atoms with Crippen LogP contribution < -0.4 is 0 Å². The maximum absolute atomic E-state index is 12.6. The second kappa shape index (κ2) is 4.03. The molecule has 0 fully saturated rings. The van der Waals surface area contributed by atoms with Crippen molar-refractivity contribution in [1.29, 1.82) is 0 Å². The average Bonchev–Trinajstić information content (AvgIpc) is 2.51. The minimum atomic E-state index is -0.965. The van der Waals surface area contributed by atoms with E-state index in [-0.39, 0.29) is 11.3 Å². The summed E-state index contributed by atoms with van der Waals surface area (Å²) in [6, 6.07) is 16.0. The summed E-state index contributed by atoms with van der Waals surface area (Å²) < 4.78 is 0. The molecule has 0 saturated heterocycles. The van der Waals surface area contributed by atoms with Crippen LogP contribution in [0.3, 0.4) is 0 Å². The maximum atomic E-state index is 12.6. The zero-order valence-corrected chi connectivity index (χ0v) is 11.0. The number of fused-ring (bicyclic) bond motifs is 2. The Morgan fingerprint density at radius 3 is 2.29 bits per heavy atom. The first kappa shape index (κ1) is 11.9. The molecular formula is C18H10O3. The van der Waals surface area contributed by atoms with Gasteiger partial charge in [-0.05, 0) is 28.6 Å². The average molecular weight is 274 g/mol. The molecule has 1 aliphatic rings. The summed E-state index contributed by atoms with van der Waals surface area (Å²) in [7, 11) is 0. The molecule has 0 aliphatic heterocycles. The van der Waals surface area contributed by atoms with E-state index in [1.807, 2.05) is 24.3 Å². The van der Waals surface area contributed by atoms with Crippen molar-refractivity contribution >= 4 is 22.5 Å². The van der Waals surface area contributed by atoms with Crippen molar-refractivity contribution in [3.05, 3.63) is 71.3 Å². The molecule has 3 aromatic rings. The quantitative estimate of drug-likeness (QED) is 0.575. The first-order valence-corrected chi connectivity index (χ1v) is 6.61. The lowest BCUT2D eigenvalue weighted by molar-refractivity contribution is 0.0697. The van der Waals surface area contributed by atoms with E-state index in [2.05, 4.69) is 0 Å². The van der Waals surface area contributed by atoms with Gasteiger partial charge in [0.15, 0.2) is 5.78 Å². The third-order valence-corrected chi connectivity index (χ3v) is 3.93. The Kier molecular flexibility index (Phi) is 2.27. The molecule has 1 N–H and O–H groups in total. The van der Waals surface area contributed by atoms with Crippen LogP contribution in [-0.4, -0.2) is 16.9 Å². The topological polar surface area (TPSA) is 54.4 Å². The standard InChI is InChI=1S/C18H10O3/c19-17-13-6-2-1-5-12(13)15-9-11(18(20)21)8-10-4-3-7-14(17)16(10)15/h1-9H,(H,20,21). The van der Waals surface area contributed by atoms with Crippen molar-refractivity contribution in [3.63, 3.8) is 0 Å². The lowest BCUT2D eigenvalue weighted by Crippen LogP contribution is -2.10. The SMILES string of the molecule is O=C(O)c1cc2c3c(cccc3c1)C(=O)c1ccccc1-2. The third-order valence-electron chi connectivity index (χ3n) is 3.93. The largest absolute Gasteiger partial charge is 0.478 e. The molecule has 4 rings (SSSR count). The number of hydrogen-bond acceptors (Lipinski definition) is 2. The van der Waals surface area contributed by atoms with Gasteiger partial charge in [0.05, 0.1) is 5.56 Å². The molecule has 0 spiro atoms. The molecule has 0 unspecified atom stereocenters. The highest BCUT2D eigenvalue weighted by Gasteiger charge is 2.25. The van der Waals surface area contributed by atoms with E-state index in [1.54, 1.807) is 30.3 Å². The van der Waals surface area contributed by atoms with Gasteiger partial charge in [-0.3, -0.25) is 4.79 Å². The van der Waals surface area contributed by atoms with Crippen molar-refractivity contribution in [2.75, 3.05) is 0 Å². The normalized spacial score (nSPS) is 12.3. The van der Waals surface area contributed by atoms with Crippen molar-refractivity contribution in [2.24, 2.45) is 0 Å². The van der Waals surface area contributed by atoms with Crippen LogP contribution in [0.1, 0.15) is 26.3 Å². The highest BCUT2D eigenvalue weighted by Crippen LogP contribution is 2.39. The molecule has 3 heteroatoms. The van der Waals surface area contributed by atoms with E-state index in [9.17, 15) is 14.7 Å². The molecule has 0 radical (unpaired) electrons. The Morgan fingerprint density at radius 1 is 0.810 bits per heavy atom. The molecule has 3 aromatic carbocycles. The lowest BCUT2D eigenvalue weighted by Gasteiger charge is -2.20. The zero-order valence-electron chi connectivity index (χ0n) is 11.0. The first-order valence-electron chi connectivity index (χ1n) is 6.61. The summed E-state index contributed by atoms with van der Waals surface area (Å²) in [6.45, 7) is 0. The number of carboxylic acid groups (broad SMARTS) is 1. The molecule has 0 amide bonds. The Labute approximate surface area is 120 Å². The van der Waals surface area contributed by atoms with Crippen LogP contribution in [0.4, 0.5) is 0 Å². The number of benzene rings is 3. The fraction of sp³-hybridized carbons (Fsp3) is 0. The summed E-state index contributed by atoms with van der Waals surface area (Å²) in [5.41, 5.74) is 3.11. The summed E-state index contributed by atoms with van der Waals surface area (Å²) in [6.07, 6.45) is 0. The summed E-state index contributed by atoms with van der Waals surface area (Å²) >= 11 is 0. The number of carboxylic acids is 1. The number of ketones is 1. The molecule has 21 heavy (non-hydrogen) atoms. The van der Waals surface area contributed by atoms with Gasteiger partial charge in [0.2, 0.25) is 0 Å². The van der Waals surface area contributed by atoms with Gasteiger partial charge in [-0.15, -0.1) is 0 Å². The number of hydrogen-bond donors (Lipinski definition) is 1. The summed E-state index contributed by atoms with van der Waals surface area (Å²) in [5.74, 6) is -0.972. The van der Waals surface area contributed by atoms with Crippen molar-refractivity contribution in [3.8, 4) is 11.1 Å². The fourth-order valence-corrected chi connectivity index (χ4v) is 3.01. The van der Waals surface area contributed by atoms with Gasteiger partial charge >= 0.3 is 5.97 Å². The molecule has 100 valence electrons. The lowest BCUT2D eigenvalue weighted by atomic mass is 9.82. The van der Waals surface area contributed by atoms with Crippen molar-refractivity contribution in [1.82, 2.24) is 0 Å². The van der Waals surface area contributed by atoms with E-state index in [1.165, 1.54) is 0 Å². The maximum Gasteiger partial charge on any atom is 0.335 e. The fourth-order valence-electron chi connectivity index (χ4n) is 3.01. The van der Waals surface area contributed by atoms with E-state index in [0.29, 0.717) is 11.1 Å². The summed E-state index contributed by atoms with van der Waals surface area (Å²) in [4.78, 5) is 23.9. The first-order chi connectivity index (χ1) is 10.2. The van der Waals surface area contributed by atoms with Gasteiger partial charge in [-0.25, -0.2) is 4.79 Å². The van der Waals surface area contributed by atoms with Crippen molar-refractivity contribution < 1.29 is 14.7 Å². The monoisotopic (exact) mass is 274 g/mol. The predicted octanol–water partition coefficient (Wildman–Crippen LogP) is 3.75. The van der Waals surface area contributed by atoms with Gasteiger partial charge < -0.3 is 5.11 Å². The van der Waals surface area contributed by atoms with Gasteiger partial charge in [-0.1, -0.05) is 42.5 Å². The zero-order chi connectivity index (χ0) is 14.6. The number of carbonyl (C=O) groups is 2. The van der Waals surface area contributed by atoms with Crippen LogP contribution >= 0.6 is 0 Å². The van der Waals surface area contributed by atoms with Crippen molar-refractivity contribution in [2.45, 2.75) is 0 Å². The Balaban J connectivity index is 2.23. The van der Waals surface area contributed by atoms with Crippen LogP contribution in [-0.2, 0) is 0 Å². The predicted molar refractivity (Wildman–Crippen MR) is 79.8 cm³/mol. The highest BCUT2D eigenvalue weighted by molar-refractivity contribution is 6.26. The Morgan fingerprint density at radius 2 is 1.52 bits per heavy atom. The van der Waals surface area contributed by atoms with Crippen LogP contribution in [0.5, 0.6) is 0 Å². The molecule has 0 heterocycles. The molecule has 0 atom stereocenters. The van der Waals surface area contributed by atoms with Gasteiger partial charge in [0.25, 0.3) is 0 Å². The Hall–Kier alpha value is -2.94. The second-order valence-corrected chi connectivity index (χ2v) is 5.11. The minimum Gasteiger partial charge on any atom is -0.478 e. The Bertz CT molecular complexity index is 938. The smallest absolute Gasteiger partial charge is 0.335 e. The molecule has 3 nitrogen and oxygen atoms in total. The second-order valence-electron chi connectivity index (χ2n) is 5.11. The molecule has 0 bridgehead atoms. The van der Waals surface area contributed by atoms with Crippen LogP contribution in [0.2, 0.25) is 0 Å². The molecule has 0 saturated carbocycles. The molecular weight excluding hydrogens is 264 g/mol. The van der Waals surface area contributed by atoms with Crippen LogP contribution in [0.15, 0.2) is 54.6 Å². The van der Waals surface area contributed by atoms with Gasteiger partial charge in [0.1, 0.15) is 0 Å². The third kappa shape index (κ3) is 1.54. The number of rotatable bonds is 1. The van der Waals surface area contributed by atoms with E-state index < -0.39 is 5.97 Å². The van der Waals surface area contributed by atoms with Gasteiger partial charge in [0, 0.05) is 16.5 Å². The molecule has 0 aromatic heterocycles. The van der Waals surface area contributed by atoms with E-state index >= 15 is 0 Å². The minimum absolute atomic E-state index is 0.00762. The van der Waals surface area contributed by atoms with Crippen LogP contribution in [0.25, 0.3) is 21.9 Å². The summed E-state index contributed by atoms with van der Waals surface area (Å²) in [5, 5.41) is 10.9. The van der Waals surface area contributed by atoms with Gasteiger partial charge in [-0.2, -0.15) is 0 Å². The van der Waals surface area contributed by atoms with E-state index in [0.717, 1.165) is 21.9 Å². The van der Waals surface area contributed by atoms with E-state index in [4.69, 9.17) is 0 Å². The molecule has 1 aliphatic carbocycles.